The van der Waals surface area contributed by atoms with Crippen molar-refractivity contribution >= 4 is 39.7 Å². The second-order valence-electron chi connectivity index (χ2n) is 6.81. The van der Waals surface area contributed by atoms with Gasteiger partial charge in [0.2, 0.25) is 5.91 Å². The Morgan fingerprint density at radius 1 is 1.06 bits per heavy atom. The molecule has 0 fully saturated rings. The van der Waals surface area contributed by atoms with Crippen molar-refractivity contribution in [2.75, 3.05) is 29.6 Å². The minimum absolute atomic E-state index is 0.0534. The van der Waals surface area contributed by atoms with Crippen LogP contribution in [0.1, 0.15) is 21.6 Å². The monoisotopic (exact) mass is 448 g/mol. The molecule has 2 aromatic carbocycles. The lowest BCUT2D eigenvalue weighted by Crippen LogP contribution is -2.19. The molecule has 31 heavy (non-hydrogen) atoms. The van der Waals surface area contributed by atoms with Gasteiger partial charge in [0.25, 0.3) is 5.91 Å². The van der Waals surface area contributed by atoms with E-state index in [0.717, 1.165) is 23.5 Å². The van der Waals surface area contributed by atoms with Crippen LogP contribution in [0.15, 0.2) is 53.9 Å². The Bertz CT molecular complexity index is 1080. The van der Waals surface area contributed by atoms with Crippen molar-refractivity contribution in [2.24, 2.45) is 0 Å². The summed E-state index contributed by atoms with van der Waals surface area (Å²) in [5.74, 6) is -0.848. The van der Waals surface area contributed by atoms with E-state index in [9.17, 15) is 22.8 Å². The van der Waals surface area contributed by atoms with Gasteiger partial charge in [0.05, 0.1) is 29.1 Å². The van der Waals surface area contributed by atoms with E-state index < -0.39 is 17.6 Å². The third-order valence-corrected chi connectivity index (χ3v) is 5.04. The first-order valence-corrected chi connectivity index (χ1v) is 10.0. The molecule has 10 heteroatoms. The number of nitrogens with zero attached hydrogens (tertiary/aromatic N) is 2. The van der Waals surface area contributed by atoms with Crippen molar-refractivity contribution in [3.05, 3.63) is 70.7 Å². The van der Waals surface area contributed by atoms with Gasteiger partial charge < -0.3 is 10.2 Å². The zero-order valence-electron chi connectivity index (χ0n) is 16.7. The number of anilines is 3. The molecule has 0 saturated heterocycles. The minimum atomic E-state index is -4.52. The largest absolute Gasteiger partial charge is 0.416 e. The maximum absolute atomic E-state index is 13.0. The Morgan fingerprint density at radius 2 is 1.77 bits per heavy atom. The summed E-state index contributed by atoms with van der Waals surface area (Å²) in [4.78, 5) is 30.4. The van der Waals surface area contributed by atoms with Gasteiger partial charge >= 0.3 is 6.18 Å². The van der Waals surface area contributed by atoms with Crippen LogP contribution in [-0.2, 0) is 17.4 Å². The second kappa shape index (κ2) is 9.17. The van der Waals surface area contributed by atoms with Gasteiger partial charge in [-0.2, -0.15) is 13.2 Å². The van der Waals surface area contributed by atoms with E-state index in [1.54, 1.807) is 54.7 Å². The van der Waals surface area contributed by atoms with Gasteiger partial charge in [-0.3, -0.25) is 14.9 Å². The van der Waals surface area contributed by atoms with Crippen molar-refractivity contribution in [3.63, 3.8) is 0 Å². The number of rotatable bonds is 6. The van der Waals surface area contributed by atoms with Crippen LogP contribution in [0.25, 0.3) is 0 Å². The number of thiazole rings is 1. The van der Waals surface area contributed by atoms with Crippen LogP contribution >= 0.6 is 11.3 Å². The maximum atomic E-state index is 13.0. The van der Waals surface area contributed by atoms with Gasteiger partial charge in [-0.25, -0.2) is 4.98 Å². The molecule has 3 aromatic rings. The molecule has 0 bridgehead atoms. The SMILES string of the molecule is CN(C)c1ccc(C(F)(F)F)cc1NC(=O)Cc1csc(NC(=O)c2ccccc2)n1. The number of halogens is 3. The summed E-state index contributed by atoms with van der Waals surface area (Å²) in [6.07, 6.45) is -4.67. The molecule has 2 N–H and O–H groups in total. The molecular formula is C21H19F3N4O2S. The van der Waals surface area contributed by atoms with E-state index in [2.05, 4.69) is 15.6 Å². The maximum Gasteiger partial charge on any atom is 0.416 e. The van der Waals surface area contributed by atoms with E-state index in [1.165, 1.54) is 6.07 Å². The molecule has 0 atom stereocenters. The molecule has 0 aliphatic rings. The van der Waals surface area contributed by atoms with Crippen LogP contribution in [-0.4, -0.2) is 30.9 Å². The predicted octanol–water partition coefficient (Wildman–Crippen LogP) is 4.66. The first kappa shape index (κ1) is 22.3. The Balaban J connectivity index is 1.68. The number of benzene rings is 2. The average Bonchev–Trinajstić information content (AvgIpc) is 3.14. The fourth-order valence-corrected chi connectivity index (χ4v) is 3.47. The zero-order valence-corrected chi connectivity index (χ0v) is 17.5. The van der Waals surface area contributed by atoms with Crippen LogP contribution in [0.2, 0.25) is 0 Å². The topological polar surface area (TPSA) is 74.3 Å². The van der Waals surface area contributed by atoms with Crippen molar-refractivity contribution in [3.8, 4) is 0 Å². The molecule has 1 aromatic heterocycles. The number of carbonyl (C=O) groups is 2. The highest BCUT2D eigenvalue weighted by Gasteiger charge is 2.31. The van der Waals surface area contributed by atoms with Crippen molar-refractivity contribution in [2.45, 2.75) is 12.6 Å². The van der Waals surface area contributed by atoms with Gasteiger partial charge in [-0.1, -0.05) is 18.2 Å². The van der Waals surface area contributed by atoms with Crippen molar-refractivity contribution in [1.29, 1.82) is 0 Å². The highest BCUT2D eigenvalue weighted by Crippen LogP contribution is 2.35. The smallest absolute Gasteiger partial charge is 0.376 e. The number of carbonyl (C=O) groups excluding carboxylic acids is 2. The first-order valence-electron chi connectivity index (χ1n) is 9.12. The van der Waals surface area contributed by atoms with Gasteiger partial charge in [0, 0.05) is 25.0 Å². The number of alkyl halides is 3. The van der Waals surface area contributed by atoms with Crippen LogP contribution in [0.3, 0.4) is 0 Å². The summed E-state index contributed by atoms with van der Waals surface area (Å²) in [5, 5.41) is 7.11. The van der Waals surface area contributed by atoms with Crippen molar-refractivity contribution < 1.29 is 22.8 Å². The van der Waals surface area contributed by atoms with E-state index >= 15 is 0 Å². The quantitative estimate of drug-likeness (QED) is 0.575. The van der Waals surface area contributed by atoms with Gasteiger partial charge in [-0.05, 0) is 30.3 Å². The molecule has 0 spiro atoms. The van der Waals surface area contributed by atoms with E-state index in [0.29, 0.717) is 22.1 Å². The summed E-state index contributed by atoms with van der Waals surface area (Å²) in [6, 6.07) is 11.8. The Labute approximate surface area is 180 Å². The van der Waals surface area contributed by atoms with Crippen LogP contribution in [0, 0.1) is 0 Å². The number of nitrogens with one attached hydrogen (secondary N) is 2. The molecule has 162 valence electrons. The molecule has 0 radical (unpaired) electrons. The summed E-state index contributed by atoms with van der Waals surface area (Å²) in [7, 11) is 3.33. The van der Waals surface area contributed by atoms with E-state index in [4.69, 9.17) is 0 Å². The summed E-state index contributed by atoms with van der Waals surface area (Å²) < 4.78 is 39.1. The summed E-state index contributed by atoms with van der Waals surface area (Å²) in [6.45, 7) is 0. The summed E-state index contributed by atoms with van der Waals surface area (Å²) in [5.41, 5.74) is 0.503. The lowest BCUT2D eigenvalue weighted by atomic mass is 10.1. The third-order valence-electron chi connectivity index (χ3n) is 4.23. The number of amides is 2. The van der Waals surface area contributed by atoms with Crippen LogP contribution < -0.4 is 15.5 Å². The molecule has 6 nitrogen and oxygen atoms in total. The highest BCUT2D eigenvalue weighted by molar-refractivity contribution is 7.14. The lowest BCUT2D eigenvalue weighted by molar-refractivity contribution is -0.137. The Hall–Kier alpha value is -3.40. The number of aromatic nitrogens is 1. The Kier molecular flexibility index (Phi) is 6.59. The van der Waals surface area contributed by atoms with Crippen molar-refractivity contribution in [1.82, 2.24) is 4.98 Å². The van der Waals surface area contributed by atoms with Gasteiger partial charge in [-0.15, -0.1) is 11.3 Å². The fraction of sp³-hybridized carbons (Fsp3) is 0.190. The van der Waals surface area contributed by atoms with E-state index in [-0.39, 0.29) is 18.0 Å². The minimum Gasteiger partial charge on any atom is -0.376 e. The fourth-order valence-electron chi connectivity index (χ4n) is 2.77. The molecular weight excluding hydrogens is 429 g/mol. The number of hydrogen-bond acceptors (Lipinski definition) is 5. The molecule has 0 aliphatic heterocycles. The first-order chi connectivity index (χ1) is 14.6. The number of hydrogen-bond donors (Lipinski definition) is 2. The normalized spacial score (nSPS) is 11.1. The average molecular weight is 448 g/mol. The predicted molar refractivity (Wildman–Crippen MR) is 115 cm³/mol. The molecule has 2 amide bonds. The zero-order chi connectivity index (χ0) is 22.6. The standard InChI is InChI=1S/C21H19F3N4O2S/c1-28(2)17-9-8-14(21(22,23)24)10-16(17)26-18(29)11-15-12-31-20(25-15)27-19(30)13-6-4-3-5-7-13/h3-10,12H,11H2,1-2H3,(H,26,29)(H,25,27,30). The van der Waals surface area contributed by atoms with Crippen LogP contribution in [0.5, 0.6) is 0 Å². The van der Waals surface area contributed by atoms with Gasteiger partial charge in [0.15, 0.2) is 5.13 Å². The highest BCUT2D eigenvalue weighted by atomic mass is 32.1. The molecule has 3 rings (SSSR count). The van der Waals surface area contributed by atoms with E-state index in [1.807, 2.05) is 0 Å². The second-order valence-corrected chi connectivity index (χ2v) is 7.67. The molecule has 1 heterocycles. The summed E-state index contributed by atoms with van der Waals surface area (Å²) >= 11 is 1.15. The Morgan fingerprint density at radius 3 is 2.42 bits per heavy atom. The lowest BCUT2D eigenvalue weighted by Gasteiger charge is -2.19. The third kappa shape index (κ3) is 5.82. The van der Waals surface area contributed by atoms with Gasteiger partial charge in [0.1, 0.15) is 0 Å². The van der Waals surface area contributed by atoms with Crippen LogP contribution in [0.4, 0.5) is 29.7 Å². The molecule has 0 saturated carbocycles. The molecule has 0 unspecified atom stereocenters. The molecule has 0 aliphatic carbocycles.